The molecule has 2 aromatic heterocycles. The SMILES string of the molecule is c1ccc2[nH]cnc2c1.c1ccc2oncc2c1. The van der Waals surface area contributed by atoms with Crippen LogP contribution in [0.25, 0.3) is 22.0 Å². The highest BCUT2D eigenvalue weighted by Gasteiger charge is 1.91. The maximum absolute atomic E-state index is 4.87. The lowest BCUT2D eigenvalue weighted by atomic mass is 10.3. The first-order valence-corrected chi connectivity index (χ1v) is 5.61. The lowest BCUT2D eigenvalue weighted by Crippen LogP contribution is -1.63. The van der Waals surface area contributed by atoms with Crippen LogP contribution in [-0.2, 0) is 0 Å². The highest BCUT2D eigenvalue weighted by Crippen LogP contribution is 2.10. The molecule has 18 heavy (non-hydrogen) atoms. The van der Waals surface area contributed by atoms with E-state index in [-0.39, 0.29) is 0 Å². The fraction of sp³-hybridized carbons (Fsp3) is 0. The van der Waals surface area contributed by atoms with Gasteiger partial charge in [0.25, 0.3) is 0 Å². The molecule has 1 N–H and O–H groups in total. The van der Waals surface area contributed by atoms with Crippen molar-refractivity contribution in [2.45, 2.75) is 0 Å². The zero-order valence-corrected chi connectivity index (χ0v) is 9.58. The van der Waals surface area contributed by atoms with E-state index in [4.69, 9.17) is 4.52 Å². The molecule has 4 aromatic rings. The molecule has 0 saturated heterocycles. The van der Waals surface area contributed by atoms with Gasteiger partial charge in [0.05, 0.1) is 23.6 Å². The quantitative estimate of drug-likeness (QED) is 0.510. The van der Waals surface area contributed by atoms with E-state index >= 15 is 0 Å². The number of aromatic amines is 1. The number of hydrogen-bond acceptors (Lipinski definition) is 3. The van der Waals surface area contributed by atoms with Gasteiger partial charge in [-0.1, -0.05) is 29.4 Å². The zero-order valence-electron chi connectivity index (χ0n) is 9.58. The second-order valence-electron chi connectivity index (χ2n) is 3.78. The van der Waals surface area contributed by atoms with Crippen LogP contribution in [0.4, 0.5) is 0 Å². The smallest absolute Gasteiger partial charge is 0.166 e. The number of para-hydroxylation sites is 3. The van der Waals surface area contributed by atoms with Gasteiger partial charge in [0.15, 0.2) is 5.58 Å². The predicted octanol–water partition coefficient (Wildman–Crippen LogP) is 3.39. The molecule has 0 fully saturated rings. The molecule has 0 bridgehead atoms. The first kappa shape index (κ1) is 10.5. The average Bonchev–Trinajstić information content (AvgIpc) is 3.08. The van der Waals surface area contributed by atoms with Gasteiger partial charge in [0.2, 0.25) is 0 Å². The van der Waals surface area contributed by atoms with E-state index in [1.807, 2.05) is 48.5 Å². The van der Waals surface area contributed by atoms with Gasteiger partial charge in [-0.2, -0.15) is 0 Å². The molecule has 0 radical (unpaired) electrons. The van der Waals surface area contributed by atoms with Gasteiger partial charge in [-0.3, -0.25) is 0 Å². The molecule has 0 saturated carbocycles. The van der Waals surface area contributed by atoms with Crippen LogP contribution in [0.1, 0.15) is 0 Å². The Kier molecular flexibility index (Phi) is 2.75. The van der Waals surface area contributed by atoms with Crippen molar-refractivity contribution in [2.75, 3.05) is 0 Å². The minimum atomic E-state index is 0.845. The molecule has 0 spiro atoms. The summed E-state index contributed by atoms with van der Waals surface area (Å²) in [5.74, 6) is 0. The molecule has 4 rings (SSSR count). The predicted molar refractivity (Wildman–Crippen MR) is 70.1 cm³/mol. The van der Waals surface area contributed by atoms with E-state index in [1.165, 1.54) is 0 Å². The normalized spacial score (nSPS) is 10.2. The van der Waals surface area contributed by atoms with E-state index in [0.29, 0.717) is 0 Å². The van der Waals surface area contributed by atoms with Crippen molar-refractivity contribution >= 4 is 22.0 Å². The van der Waals surface area contributed by atoms with Gasteiger partial charge in [0, 0.05) is 5.39 Å². The summed E-state index contributed by atoms with van der Waals surface area (Å²) in [6, 6.07) is 15.7. The van der Waals surface area contributed by atoms with E-state index in [0.717, 1.165) is 22.0 Å². The van der Waals surface area contributed by atoms with Gasteiger partial charge in [-0.05, 0) is 24.3 Å². The summed E-state index contributed by atoms with van der Waals surface area (Å²) in [6.07, 6.45) is 3.40. The van der Waals surface area contributed by atoms with Gasteiger partial charge in [-0.25, -0.2) is 4.98 Å². The van der Waals surface area contributed by atoms with Crippen LogP contribution >= 0.6 is 0 Å². The summed E-state index contributed by atoms with van der Waals surface area (Å²) in [5.41, 5.74) is 2.97. The van der Waals surface area contributed by atoms with Gasteiger partial charge in [-0.15, -0.1) is 0 Å². The fourth-order valence-corrected chi connectivity index (χ4v) is 1.69. The molecule has 4 heteroatoms. The van der Waals surface area contributed by atoms with Crippen LogP contribution in [0.5, 0.6) is 0 Å². The summed E-state index contributed by atoms with van der Waals surface area (Å²) < 4.78 is 4.87. The first-order chi connectivity index (χ1) is 8.93. The van der Waals surface area contributed by atoms with Gasteiger partial charge < -0.3 is 9.51 Å². The second kappa shape index (κ2) is 4.71. The molecular weight excluding hydrogens is 226 g/mol. The Morgan fingerprint density at radius 1 is 0.944 bits per heavy atom. The van der Waals surface area contributed by atoms with Crippen molar-refractivity contribution in [3.63, 3.8) is 0 Å². The third kappa shape index (κ3) is 2.08. The Bertz CT molecular complexity index is 631. The summed E-state index contributed by atoms with van der Waals surface area (Å²) in [4.78, 5) is 7.07. The minimum absolute atomic E-state index is 0.845. The molecular formula is C14H11N3O. The van der Waals surface area contributed by atoms with Gasteiger partial charge in [0.1, 0.15) is 0 Å². The van der Waals surface area contributed by atoms with Crippen LogP contribution in [0.3, 0.4) is 0 Å². The van der Waals surface area contributed by atoms with Gasteiger partial charge >= 0.3 is 0 Å². The van der Waals surface area contributed by atoms with Crippen molar-refractivity contribution in [3.05, 3.63) is 61.1 Å². The van der Waals surface area contributed by atoms with Crippen molar-refractivity contribution in [2.24, 2.45) is 0 Å². The van der Waals surface area contributed by atoms with Crippen LogP contribution in [0.2, 0.25) is 0 Å². The number of nitrogens with zero attached hydrogens (tertiary/aromatic N) is 2. The molecule has 0 amide bonds. The minimum Gasteiger partial charge on any atom is -0.356 e. The van der Waals surface area contributed by atoms with E-state index < -0.39 is 0 Å². The molecule has 0 aliphatic rings. The number of imidazole rings is 1. The van der Waals surface area contributed by atoms with Crippen molar-refractivity contribution in [1.82, 2.24) is 15.1 Å². The Labute approximate surface area is 103 Å². The molecule has 0 aliphatic carbocycles. The zero-order chi connectivity index (χ0) is 12.2. The van der Waals surface area contributed by atoms with Crippen molar-refractivity contribution in [3.8, 4) is 0 Å². The number of nitrogens with one attached hydrogen (secondary N) is 1. The Balaban J connectivity index is 0.000000111. The lowest BCUT2D eigenvalue weighted by Gasteiger charge is -1.81. The van der Waals surface area contributed by atoms with Crippen molar-refractivity contribution < 1.29 is 4.52 Å². The summed E-state index contributed by atoms with van der Waals surface area (Å²) >= 11 is 0. The van der Waals surface area contributed by atoms with E-state index in [9.17, 15) is 0 Å². The number of H-pyrrole nitrogens is 1. The standard InChI is InChI=1S/C7H6N2.C7H5NO/c1-2-4-7-6(3-1)8-5-9-7;1-2-4-7-6(3-1)5-8-9-7/h1-5H,(H,8,9);1-5H. The highest BCUT2D eigenvalue weighted by atomic mass is 16.5. The molecule has 2 aromatic carbocycles. The summed E-state index contributed by atoms with van der Waals surface area (Å²) in [6.45, 7) is 0. The molecule has 0 aliphatic heterocycles. The van der Waals surface area contributed by atoms with E-state index in [2.05, 4.69) is 15.1 Å². The third-order valence-corrected chi connectivity index (χ3v) is 2.59. The van der Waals surface area contributed by atoms with E-state index in [1.54, 1.807) is 12.5 Å². The number of aromatic nitrogens is 3. The Morgan fingerprint density at radius 3 is 2.67 bits per heavy atom. The Morgan fingerprint density at radius 2 is 1.78 bits per heavy atom. The number of benzene rings is 2. The van der Waals surface area contributed by atoms with Crippen LogP contribution < -0.4 is 0 Å². The van der Waals surface area contributed by atoms with Crippen molar-refractivity contribution in [1.29, 1.82) is 0 Å². The monoisotopic (exact) mass is 237 g/mol. The lowest BCUT2D eigenvalue weighted by molar-refractivity contribution is 0.456. The Hall–Kier alpha value is -2.62. The molecule has 0 unspecified atom stereocenters. The fourth-order valence-electron chi connectivity index (χ4n) is 1.69. The molecule has 2 heterocycles. The molecule has 4 nitrogen and oxygen atoms in total. The maximum Gasteiger partial charge on any atom is 0.166 e. The second-order valence-corrected chi connectivity index (χ2v) is 3.78. The summed E-state index contributed by atoms with van der Waals surface area (Å²) in [7, 11) is 0. The highest BCUT2D eigenvalue weighted by molar-refractivity contribution is 5.75. The molecule has 88 valence electrons. The topological polar surface area (TPSA) is 54.7 Å². The summed E-state index contributed by atoms with van der Waals surface area (Å²) in [5, 5.41) is 4.68. The maximum atomic E-state index is 4.87. The number of rotatable bonds is 0. The average molecular weight is 237 g/mol. The largest absolute Gasteiger partial charge is 0.356 e. The third-order valence-electron chi connectivity index (χ3n) is 2.59. The first-order valence-electron chi connectivity index (χ1n) is 5.61. The number of hydrogen-bond donors (Lipinski definition) is 1. The van der Waals surface area contributed by atoms with Crippen LogP contribution in [-0.4, -0.2) is 15.1 Å². The number of fused-ring (bicyclic) bond motifs is 2. The van der Waals surface area contributed by atoms with Crippen LogP contribution in [0, 0.1) is 0 Å². The van der Waals surface area contributed by atoms with Crippen LogP contribution in [0.15, 0.2) is 65.6 Å². The molecule has 0 atom stereocenters.